The largest absolute Gasteiger partial charge is 0.388 e. The second kappa shape index (κ2) is 5.95. The van der Waals surface area contributed by atoms with E-state index in [2.05, 4.69) is 19.9 Å². The molecule has 0 unspecified atom stereocenters. The SMILES string of the molecule is NC(N)=NCC[C@H]1O[C@@H](n2cnc3c(N)ncnc32)[C@H](O)[C@@H]1O. The first-order valence-electron chi connectivity index (χ1n) is 6.99. The van der Waals surface area contributed by atoms with Gasteiger partial charge in [-0.15, -0.1) is 0 Å². The second-order valence-corrected chi connectivity index (χ2v) is 5.22. The lowest BCUT2D eigenvalue weighted by Crippen LogP contribution is -2.32. The van der Waals surface area contributed by atoms with Crippen LogP contribution in [0, 0.1) is 0 Å². The molecule has 4 atom stereocenters. The maximum Gasteiger partial charge on any atom is 0.185 e. The molecule has 0 saturated carbocycles. The number of aromatic nitrogens is 4. The van der Waals surface area contributed by atoms with Crippen LogP contribution in [0.15, 0.2) is 17.6 Å². The van der Waals surface area contributed by atoms with Crippen LogP contribution >= 0.6 is 0 Å². The minimum Gasteiger partial charge on any atom is -0.388 e. The number of nitrogens with zero attached hydrogens (tertiary/aromatic N) is 5. The molecule has 0 aromatic carbocycles. The first kappa shape index (κ1) is 15.4. The Hall–Kier alpha value is -2.50. The van der Waals surface area contributed by atoms with Crippen molar-refractivity contribution in [3.63, 3.8) is 0 Å². The van der Waals surface area contributed by atoms with E-state index in [9.17, 15) is 10.2 Å². The van der Waals surface area contributed by atoms with E-state index in [4.69, 9.17) is 21.9 Å². The highest BCUT2D eigenvalue weighted by Crippen LogP contribution is 2.33. The van der Waals surface area contributed by atoms with Crippen molar-refractivity contribution in [1.82, 2.24) is 19.5 Å². The highest BCUT2D eigenvalue weighted by atomic mass is 16.6. The van der Waals surface area contributed by atoms with Crippen LogP contribution in [-0.4, -0.2) is 60.5 Å². The van der Waals surface area contributed by atoms with Crippen molar-refractivity contribution >= 4 is 22.9 Å². The van der Waals surface area contributed by atoms with Crippen molar-refractivity contribution in [2.24, 2.45) is 16.5 Å². The topological polar surface area (TPSA) is 184 Å². The number of rotatable bonds is 4. The van der Waals surface area contributed by atoms with Crippen molar-refractivity contribution in [1.29, 1.82) is 0 Å². The summed E-state index contributed by atoms with van der Waals surface area (Å²) in [6.45, 7) is 0.281. The van der Waals surface area contributed by atoms with Gasteiger partial charge < -0.3 is 32.2 Å². The predicted octanol–water partition coefficient (Wildman–Crippen LogP) is -2.31. The van der Waals surface area contributed by atoms with Crippen molar-refractivity contribution < 1.29 is 14.9 Å². The van der Waals surface area contributed by atoms with E-state index in [1.165, 1.54) is 17.2 Å². The van der Waals surface area contributed by atoms with Gasteiger partial charge in [-0.3, -0.25) is 9.56 Å². The average molecular weight is 322 g/mol. The standard InChI is InChI=1S/C12H18N8O3/c13-9-6-10(18-3-17-9)20(4-19-6)11-8(22)7(21)5(23-11)1-2-16-12(14)15/h3-5,7-8,11,21-22H,1-2H2,(H2,13,17,18)(H4,14,15,16)/t5-,7-,8-,11-/m1/s1. The molecule has 0 amide bonds. The Bertz CT molecular complexity index is 728. The van der Waals surface area contributed by atoms with E-state index in [-0.39, 0.29) is 18.3 Å². The van der Waals surface area contributed by atoms with Gasteiger partial charge in [0.05, 0.1) is 12.4 Å². The highest BCUT2D eigenvalue weighted by Gasteiger charge is 2.43. The summed E-state index contributed by atoms with van der Waals surface area (Å²) in [6.07, 6.45) is -0.587. The zero-order chi connectivity index (χ0) is 16.6. The lowest BCUT2D eigenvalue weighted by atomic mass is 10.1. The summed E-state index contributed by atoms with van der Waals surface area (Å²) in [7, 11) is 0. The van der Waals surface area contributed by atoms with Gasteiger partial charge in [0.25, 0.3) is 0 Å². The smallest absolute Gasteiger partial charge is 0.185 e. The molecule has 1 aliphatic heterocycles. The summed E-state index contributed by atoms with van der Waals surface area (Å²) >= 11 is 0. The molecule has 1 aliphatic rings. The lowest BCUT2D eigenvalue weighted by molar-refractivity contribution is -0.0361. The molecule has 0 bridgehead atoms. The van der Waals surface area contributed by atoms with Gasteiger partial charge in [0.1, 0.15) is 24.1 Å². The van der Waals surface area contributed by atoms with Crippen molar-refractivity contribution in [2.45, 2.75) is 31.0 Å². The van der Waals surface area contributed by atoms with Gasteiger partial charge in [0, 0.05) is 6.54 Å². The molecular formula is C12H18N8O3. The minimum atomic E-state index is -1.15. The highest BCUT2D eigenvalue weighted by molar-refractivity contribution is 5.81. The van der Waals surface area contributed by atoms with Crippen LogP contribution in [0.4, 0.5) is 5.82 Å². The van der Waals surface area contributed by atoms with E-state index in [1.54, 1.807) is 0 Å². The van der Waals surface area contributed by atoms with Crippen molar-refractivity contribution in [3.05, 3.63) is 12.7 Å². The normalized spacial score (nSPS) is 27.4. The molecule has 0 radical (unpaired) electrons. The molecule has 11 heteroatoms. The number of aliphatic imine (C=N–C) groups is 1. The van der Waals surface area contributed by atoms with Crippen LogP contribution in [0.3, 0.4) is 0 Å². The van der Waals surface area contributed by atoms with Gasteiger partial charge in [-0.1, -0.05) is 0 Å². The fraction of sp³-hybridized carbons (Fsp3) is 0.500. The fourth-order valence-electron chi connectivity index (χ4n) is 2.57. The quantitative estimate of drug-likeness (QED) is 0.305. The molecule has 3 heterocycles. The van der Waals surface area contributed by atoms with E-state index in [1.807, 2.05) is 0 Å². The lowest BCUT2D eigenvalue weighted by Gasteiger charge is -2.16. The third kappa shape index (κ3) is 2.76. The van der Waals surface area contributed by atoms with Crippen LogP contribution in [0.1, 0.15) is 12.6 Å². The number of hydrogen-bond donors (Lipinski definition) is 5. The predicted molar refractivity (Wildman–Crippen MR) is 81.0 cm³/mol. The van der Waals surface area contributed by atoms with E-state index in [0.717, 1.165) is 0 Å². The molecule has 1 fully saturated rings. The van der Waals surface area contributed by atoms with Crippen LogP contribution in [0.2, 0.25) is 0 Å². The summed E-state index contributed by atoms with van der Waals surface area (Å²) in [5, 5.41) is 20.4. The number of aliphatic hydroxyl groups is 2. The molecule has 0 spiro atoms. The molecule has 2 aromatic rings. The number of ether oxygens (including phenoxy) is 1. The molecule has 2 aromatic heterocycles. The summed E-state index contributed by atoms with van der Waals surface area (Å²) in [4.78, 5) is 15.9. The van der Waals surface area contributed by atoms with Crippen molar-refractivity contribution in [3.8, 4) is 0 Å². The van der Waals surface area contributed by atoms with Crippen LogP contribution in [-0.2, 0) is 4.74 Å². The number of aliphatic hydroxyl groups excluding tert-OH is 2. The Labute approximate surface area is 130 Å². The van der Waals surface area contributed by atoms with E-state index >= 15 is 0 Å². The number of nitrogens with two attached hydrogens (primary N) is 3. The van der Waals surface area contributed by atoms with Crippen LogP contribution < -0.4 is 17.2 Å². The average Bonchev–Trinajstić information content (AvgIpc) is 3.04. The second-order valence-electron chi connectivity index (χ2n) is 5.22. The third-order valence-electron chi connectivity index (χ3n) is 3.71. The number of anilines is 1. The Morgan fingerprint density at radius 2 is 2.04 bits per heavy atom. The molecule has 11 nitrogen and oxygen atoms in total. The summed E-state index contributed by atoms with van der Waals surface area (Å²) in [6, 6.07) is 0. The molecular weight excluding hydrogens is 304 g/mol. The van der Waals surface area contributed by atoms with Gasteiger partial charge in [-0.05, 0) is 6.42 Å². The van der Waals surface area contributed by atoms with Crippen LogP contribution in [0.5, 0.6) is 0 Å². The number of guanidine groups is 1. The molecule has 0 aliphatic carbocycles. The monoisotopic (exact) mass is 322 g/mol. The summed E-state index contributed by atoms with van der Waals surface area (Å²) in [5.74, 6) is 0.188. The Kier molecular flexibility index (Phi) is 3.98. The molecule has 23 heavy (non-hydrogen) atoms. The maximum absolute atomic E-state index is 10.3. The van der Waals surface area contributed by atoms with Crippen molar-refractivity contribution in [2.75, 3.05) is 12.3 Å². The number of imidazole rings is 1. The molecule has 3 rings (SSSR count). The third-order valence-corrected chi connectivity index (χ3v) is 3.71. The summed E-state index contributed by atoms with van der Waals surface area (Å²) in [5.41, 5.74) is 17.1. The first-order valence-corrected chi connectivity index (χ1v) is 6.99. The molecule has 1 saturated heterocycles. The Balaban J connectivity index is 1.82. The van der Waals surface area contributed by atoms with Gasteiger partial charge in [-0.2, -0.15) is 0 Å². The maximum atomic E-state index is 10.3. The first-order chi connectivity index (χ1) is 11.0. The fourth-order valence-corrected chi connectivity index (χ4v) is 2.57. The van der Waals surface area contributed by atoms with E-state index < -0.39 is 24.5 Å². The Morgan fingerprint density at radius 3 is 2.78 bits per heavy atom. The van der Waals surface area contributed by atoms with E-state index in [0.29, 0.717) is 17.6 Å². The molecule has 124 valence electrons. The van der Waals surface area contributed by atoms with Crippen LogP contribution in [0.25, 0.3) is 11.2 Å². The van der Waals surface area contributed by atoms with Gasteiger partial charge in [0.2, 0.25) is 0 Å². The zero-order valence-electron chi connectivity index (χ0n) is 12.1. The number of nitrogen functional groups attached to an aromatic ring is 1. The zero-order valence-corrected chi connectivity index (χ0v) is 12.1. The summed E-state index contributed by atoms with van der Waals surface area (Å²) < 4.78 is 7.25. The number of fused-ring (bicyclic) bond motifs is 1. The minimum absolute atomic E-state index is 0.0395. The molecule has 8 N–H and O–H groups in total. The van der Waals surface area contributed by atoms with Gasteiger partial charge >= 0.3 is 0 Å². The Morgan fingerprint density at radius 1 is 1.26 bits per heavy atom. The van der Waals surface area contributed by atoms with Gasteiger partial charge in [-0.25, -0.2) is 15.0 Å². The number of hydrogen-bond acceptors (Lipinski definition) is 8. The van der Waals surface area contributed by atoms with Gasteiger partial charge in [0.15, 0.2) is 23.7 Å².